The molecule has 2 rings (SSSR count). The topological polar surface area (TPSA) is 50.4 Å². The van der Waals surface area contributed by atoms with Crippen molar-refractivity contribution in [3.63, 3.8) is 0 Å². The lowest BCUT2D eigenvalue weighted by molar-refractivity contribution is -0.125. The summed E-state index contributed by atoms with van der Waals surface area (Å²) in [5.41, 5.74) is 0. The summed E-state index contributed by atoms with van der Waals surface area (Å²) in [7, 11) is 0. The highest BCUT2D eigenvalue weighted by molar-refractivity contribution is 5.80. The van der Waals surface area contributed by atoms with Crippen LogP contribution in [-0.4, -0.2) is 37.2 Å². The molecule has 18 heavy (non-hydrogen) atoms. The van der Waals surface area contributed by atoms with Crippen LogP contribution in [0.2, 0.25) is 0 Å². The van der Waals surface area contributed by atoms with Crippen molar-refractivity contribution >= 4 is 5.91 Å². The third-order valence-corrected chi connectivity index (χ3v) is 3.96. The van der Waals surface area contributed by atoms with Gasteiger partial charge in [-0.2, -0.15) is 0 Å². The van der Waals surface area contributed by atoms with Crippen LogP contribution in [0.5, 0.6) is 0 Å². The van der Waals surface area contributed by atoms with E-state index in [2.05, 4.69) is 10.6 Å². The second-order valence-electron chi connectivity index (χ2n) is 5.81. The number of ether oxygens (including phenoxy) is 1. The molecule has 2 bridgehead atoms. The van der Waals surface area contributed by atoms with Gasteiger partial charge in [-0.1, -0.05) is 0 Å². The fourth-order valence-electron chi connectivity index (χ4n) is 3.00. The monoisotopic (exact) mass is 254 g/mol. The van der Waals surface area contributed by atoms with Crippen LogP contribution < -0.4 is 10.6 Å². The Balaban J connectivity index is 1.53. The maximum Gasteiger partial charge on any atom is 0.224 e. The van der Waals surface area contributed by atoms with Crippen LogP contribution in [0.25, 0.3) is 0 Å². The zero-order chi connectivity index (χ0) is 13.0. The van der Waals surface area contributed by atoms with E-state index in [0.717, 1.165) is 32.4 Å². The molecule has 4 nitrogen and oxygen atoms in total. The number of rotatable bonds is 7. The van der Waals surface area contributed by atoms with Crippen molar-refractivity contribution in [3.05, 3.63) is 0 Å². The quantitative estimate of drug-likeness (QED) is 0.676. The van der Waals surface area contributed by atoms with Gasteiger partial charge in [0.25, 0.3) is 0 Å². The second-order valence-corrected chi connectivity index (χ2v) is 5.81. The van der Waals surface area contributed by atoms with E-state index in [-0.39, 0.29) is 11.8 Å². The Bertz CT molecular complexity index is 281. The molecule has 2 N–H and O–H groups in total. The minimum absolute atomic E-state index is 0.218. The van der Waals surface area contributed by atoms with Crippen molar-refractivity contribution in [2.24, 2.45) is 5.92 Å². The third kappa shape index (κ3) is 3.69. The highest BCUT2D eigenvalue weighted by atomic mass is 16.5. The molecule has 0 aromatic heterocycles. The Kier molecular flexibility index (Phi) is 5.01. The highest BCUT2D eigenvalue weighted by Gasteiger charge is 2.42. The van der Waals surface area contributed by atoms with Gasteiger partial charge in [-0.15, -0.1) is 0 Å². The van der Waals surface area contributed by atoms with Crippen LogP contribution in [0, 0.1) is 5.92 Å². The summed E-state index contributed by atoms with van der Waals surface area (Å²) in [6, 6.07) is 1.05. The summed E-state index contributed by atoms with van der Waals surface area (Å²) >= 11 is 0. The van der Waals surface area contributed by atoms with Gasteiger partial charge in [0.15, 0.2) is 0 Å². The van der Waals surface area contributed by atoms with E-state index >= 15 is 0 Å². The SMILES string of the molecule is CC(C)OCCCCNC(=O)C1CC2CCC1N2. The molecule has 2 aliphatic rings. The summed E-state index contributed by atoms with van der Waals surface area (Å²) in [4.78, 5) is 12.0. The van der Waals surface area contributed by atoms with Crippen LogP contribution in [0.15, 0.2) is 0 Å². The van der Waals surface area contributed by atoms with E-state index in [0.29, 0.717) is 18.2 Å². The van der Waals surface area contributed by atoms with Crippen molar-refractivity contribution < 1.29 is 9.53 Å². The van der Waals surface area contributed by atoms with Crippen molar-refractivity contribution in [3.8, 4) is 0 Å². The van der Waals surface area contributed by atoms with Gasteiger partial charge in [0, 0.05) is 25.2 Å². The molecule has 2 saturated heterocycles. The molecule has 104 valence electrons. The molecule has 0 saturated carbocycles. The Labute approximate surface area is 110 Å². The van der Waals surface area contributed by atoms with E-state index in [1.165, 1.54) is 12.8 Å². The first-order valence-electron chi connectivity index (χ1n) is 7.32. The van der Waals surface area contributed by atoms with Gasteiger partial charge in [-0.3, -0.25) is 4.79 Å². The second kappa shape index (κ2) is 6.53. The lowest BCUT2D eigenvalue weighted by Crippen LogP contribution is -2.37. The molecule has 2 aliphatic heterocycles. The summed E-state index contributed by atoms with van der Waals surface area (Å²) in [6.45, 7) is 5.67. The molecular weight excluding hydrogens is 228 g/mol. The van der Waals surface area contributed by atoms with Gasteiger partial charge in [0.05, 0.1) is 12.0 Å². The summed E-state index contributed by atoms with van der Waals surface area (Å²) in [6.07, 6.45) is 5.79. The first kappa shape index (κ1) is 13.8. The van der Waals surface area contributed by atoms with Gasteiger partial charge in [0.2, 0.25) is 5.91 Å². The summed E-state index contributed by atoms with van der Waals surface area (Å²) in [5.74, 6) is 0.468. The molecule has 4 heteroatoms. The number of carbonyl (C=O) groups excluding carboxylic acids is 1. The molecule has 2 fully saturated rings. The molecular formula is C14H26N2O2. The van der Waals surface area contributed by atoms with Crippen LogP contribution in [0.4, 0.5) is 0 Å². The molecule has 0 radical (unpaired) electrons. The number of carbonyl (C=O) groups is 1. The average Bonchev–Trinajstić information content (AvgIpc) is 2.94. The first-order valence-corrected chi connectivity index (χ1v) is 7.32. The highest BCUT2D eigenvalue weighted by Crippen LogP contribution is 2.33. The summed E-state index contributed by atoms with van der Waals surface area (Å²) in [5, 5.41) is 6.56. The molecule has 3 unspecified atom stereocenters. The van der Waals surface area contributed by atoms with Crippen LogP contribution in [0.3, 0.4) is 0 Å². The molecule has 1 amide bonds. The van der Waals surface area contributed by atoms with Crippen molar-refractivity contribution in [2.75, 3.05) is 13.2 Å². The fourth-order valence-corrected chi connectivity index (χ4v) is 3.00. The van der Waals surface area contributed by atoms with E-state index in [4.69, 9.17) is 4.74 Å². The zero-order valence-electron chi connectivity index (χ0n) is 11.6. The minimum atomic E-state index is 0.218. The minimum Gasteiger partial charge on any atom is -0.379 e. The molecule has 0 aromatic rings. The van der Waals surface area contributed by atoms with Gasteiger partial charge >= 0.3 is 0 Å². The van der Waals surface area contributed by atoms with E-state index < -0.39 is 0 Å². The predicted molar refractivity (Wildman–Crippen MR) is 71.4 cm³/mol. The smallest absolute Gasteiger partial charge is 0.224 e. The van der Waals surface area contributed by atoms with Crippen LogP contribution in [0.1, 0.15) is 46.0 Å². The van der Waals surface area contributed by atoms with Crippen molar-refractivity contribution in [1.82, 2.24) is 10.6 Å². The normalized spacial score (nSPS) is 30.1. The number of hydrogen-bond donors (Lipinski definition) is 2. The zero-order valence-corrected chi connectivity index (χ0v) is 11.6. The number of fused-ring (bicyclic) bond motifs is 2. The number of nitrogens with one attached hydrogen (secondary N) is 2. The summed E-state index contributed by atoms with van der Waals surface area (Å²) < 4.78 is 5.47. The average molecular weight is 254 g/mol. The molecule has 3 atom stereocenters. The molecule has 0 aromatic carbocycles. The van der Waals surface area contributed by atoms with Gasteiger partial charge < -0.3 is 15.4 Å². The number of amides is 1. The largest absolute Gasteiger partial charge is 0.379 e. The lowest BCUT2D eigenvalue weighted by atomic mass is 9.88. The molecule has 2 heterocycles. The van der Waals surface area contributed by atoms with Crippen LogP contribution >= 0.6 is 0 Å². The predicted octanol–water partition coefficient (Wildman–Crippen LogP) is 1.45. The maximum absolute atomic E-state index is 12.0. The van der Waals surface area contributed by atoms with E-state index in [9.17, 15) is 4.79 Å². The number of unbranched alkanes of at least 4 members (excludes halogenated alkanes) is 1. The molecule has 0 aliphatic carbocycles. The maximum atomic E-state index is 12.0. The van der Waals surface area contributed by atoms with E-state index in [1.807, 2.05) is 13.8 Å². The van der Waals surface area contributed by atoms with E-state index in [1.54, 1.807) is 0 Å². The standard InChI is InChI=1S/C14H26N2O2/c1-10(2)18-8-4-3-7-15-14(17)12-9-11-5-6-13(12)16-11/h10-13,16H,3-9H2,1-2H3,(H,15,17). The Morgan fingerprint density at radius 1 is 1.39 bits per heavy atom. The van der Waals surface area contributed by atoms with Gasteiger partial charge in [-0.05, 0) is 46.0 Å². The Morgan fingerprint density at radius 3 is 2.83 bits per heavy atom. The Morgan fingerprint density at radius 2 is 2.22 bits per heavy atom. The third-order valence-electron chi connectivity index (χ3n) is 3.96. The van der Waals surface area contributed by atoms with Gasteiger partial charge in [0.1, 0.15) is 0 Å². The molecule has 0 spiro atoms. The van der Waals surface area contributed by atoms with Crippen LogP contribution in [-0.2, 0) is 9.53 Å². The fraction of sp³-hybridized carbons (Fsp3) is 0.929. The number of hydrogen-bond acceptors (Lipinski definition) is 3. The first-order chi connectivity index (χ1) is 8.66. The van der Waals surface area contributed by atoms with Crippen molar-refractivity contribution in [2.45, 2.75) is 64.1 Å². The van der Waals surface area contributed by atoms with Crippen molar-refractivity contribution in [1.29, 1.82) is 0 Å². The lowest BCUT2D eigenvalue weighted by Gasteiger charge is -2.19. The van der Waals surface area contributed by atoms with Gasteiger partial charge in [-0.25, -0.2) is 0 Å². The Hall–Kier alpha value is -0.610.